The van der Waals surface area contributed by atoms with Crippen LogP contribution >= 0.6 is 0 Å². The lowest BCUT2D eigenvalue weighted by Gasteiger charge is -2.18. The summed E-state index contributed by atoms with van der Waals surface area (Å²) in [5.74, 6) is -0.400. The standard InChI is InChI=1S/C21H19NO5/c1-13-19(21(25)27-3)17(11-14-7-4-5-10-18(14)23)20(24)22(13)15-8-6-9-16(12-15)26-2/h4-12,23H,1-3H3/b17-11-. The summed E-state index contributed by atoms with van der Waals surface area (Å²) in [5.41, 5.74) is 1.76. The van der Waals surface area contributed by atoms with Crippen molar-refractivity contribution in [2.45, 2.75) is 6.92 Å². The smallest absolute Gasteiger partial charge is 0.340 e. The van der Waals surface area contributed by atoms with Gasteiger partial charge in [-0.15, -0.1) is 0 Å². The number of carbonyl (C=O) groups excluding carboxylic acids is 2. The summed E-state index contributed by atoms with van der Waals surface area (Å²) < 4.78 is 10.1. The van der Waals surface area contributed by atoms with Crippen LogP contribution in [0.1, 0.15) is 12.5 Å². The molecule has 3 rings (SSSR count). The van der Waals surface area contributed by atoms with E-state index in [0.29, 0.717) is 22.7 Å². The monoisotopic (exact) mass is 365 g/mol. The molecule has 0 unspecified atom stereocenters. The van der Waals surface area contributed by atoms with Crippen molar-refractivity contribution in [1.82, 2.24) is 0 Å². The first-order valence-electron chi connectivity index (χ1n) is 8.25. The van der Waals surface area contributed by atoms with Crippen LogP contribution in [0.25, 0.3) is 6.08 Å². The van der Waals surface area contributed by atoms with E-state index in [0.717, 1.165) is 0 Å². The number of esters is 1. The minimum absolute atomic E-state index is 0.0134. The topological polar surface area (TPSA) is 76.1 Å². The summed E-state index contributed by atoms with van der Waals surface area (Å²) in [4.78, 5) is 26.9. The number of benzene rings is 2. The highest BCUT2D eigenvalue weighted by Crippen LogP contribution is 2.37. The average molecular weight is 365 g/mol. The minimum atomic E-state index is -0.618. The highest BCUT2D eigenvalue weighted by molar-refractivity contribution is 6.24. The molecule has 1 amide bonds. The van der Waals surface area contributed by atoms with E-state index in [1.807, 2.05) is 0 Å². The van der Waals surface area contributed by atoms with E-state index in [2.05, 4.69) is 0 Å². The van der Waals surface area contributed by atoms with Gasteiger partial charge in [-0.25, -0.2) is 4.79 Å². The zero-order valence-electron chi connectivity index (χ0n) is 15.2. The number of ether oxygens (including phenoxy) is 2. The largest absolute Gasteiger partial charge is 0.507 e. The van der Waals surface area contributed by atoms with E-state index in [9.17, 15) is 14.7 Å². The van der Waals surface area contributed by atoms with E-state index in [1.165, 1.54) is 31.3 Å². The number of hydrogen-bond donors (Lipinski definition) is 1. The number of para-hydroxylation sites is 1. The van der Waals surface area contributed by atoms with E-state index in [4.69, 9.17) is 9.47 Å². The molecule has 27 heavy (non-hydrogen) atoms. The Morgan fingerprint density at radius 2 is 1.85 bits per heavy atom. The number of phenolic OH excluding ortho intramolecular Hbond substituents is 1. The second-order valence-corrected chi connectivity index (χ2v) is 5.91. The first-order chi connectivity index (χ1) is 13.0. The Bertz CT molecular complexity index is 974. The summed E-state index contributed by atoms with van der Waals surface area (Å²) >= 11 is 0. The van der Waals surface area contributed by atoms with Gasteiger partial charge in [0.1, 0.15) is 11.5 Å². The fourth-order valence-electron chi connectivity index (χ4n) is 3.01. The summed E-state index contributed by atoms with van der Waals surface area (Å²) in [6.07, 6.45) is 1.49. The summed E-state index contributed by atoms with van der Waals surface area (Å²) in [6.45, 7) is 1.68. The molecule has 2 aromatic carbocycles. The highest BCUT2D eigenvalue weighted by Gasteiger charge is 2.38. The highest BCUT2D eigenvalue weighted by atomic mass is 16.5. The van der Waals surface area contributed by atoms with Crippen molar-refractivity contribution in [3.05, 3.63) is 70.9 Å². The molecule has 0 aliphatic carbocycles. The van der Waals surface area contributed by atoms with E-state index >= 15 is 0 Å². The first kappa shape index (κ1) is 18.3. The number of aromatic hydroxyl groups is 1. The van der Waals surface area contributed by atoms with Crippen LogP contribution in [0.4, 0.5) is 5.69 Å². The fourth-order valence-corrected chi connectivity index (χ4v) is 3.01. The molecule has 0 atom stereocenters. The molecule has 2 aromatic rings. The van der Waals surface area contributed by atoms with Crippen LogP contribution in [-0.2, 0) is 14.3 Å². The van der Waals surface area contributed by atoms with Gasteiger partial charge in [0.05, 0.1) is 31.1 Å². The van der Waals surface area contributed by atoms with Crippen LogP contribution in [-0.4, -0.2) is 31.2 Å². The second-order valence-electron chi connectivity index (χ2n) is 5.91. The average Bonchev–Trinajstić information content (AvgIpc) is 2.93. The fraction of sp³-hybridized carbons (Fsp3) is 0.143. The van der Waals surface area contributed by atoms with Crippen LogP contribution in [0, 0.1) is 0 Å². The summed E-state index contributed by atoms with van der Waals surface area (Å²) in [5, 5.41) is 10.0. The zero-order chi connectivity index (χ0) is 19.6. The molecule has 0 radical (unpaired) electrons. The zero-order valence-corrected chi connectivity index (χ0v) is 15.2. The van der Waals surface area contributed by atoms with Crippen LogP contribution in [0.3, 0.4) is 0 Å². The maximum Gasteiger partial charge on any atom is 0.340 e. The predicted molar refractivity (Wildman–Crippen MR) is 101 cm³/mol. The Labute approximate surface area is 156 Å². The third-order valence-electron chi connectivity index (χ3n) is 4.34. The summed E-state index contributed by atoms with van der Waals surface area (Å²) in [6, 6.07) is 13.6. The van der Waals surface area contributed by atoms with Crippen molar-refractivity contribution in [2.24, 2.45) is 0 Å². The molecule has 6 heteroatoms. The second kappa shape index (κ2) is 7.37. The Morgan fingerprint density at radius 3 is 2.52 bits per heavy atom. The molecule has 1 N–H and O–H groups in total. The first-order valence-corrected chi connectivity index (χ1v) is 8.25. The normalized spacial score (nSPS) is 15.4. The van der Waals surface area contributed by atoms with Crippen LogP contribution in [0.2, 0.25) is 0 Å². The van der Waals surface area contributed by atoms with Crippen molar-refractivity contribution in [3.8, 4) is 11.5 Å². The van der Waals surface area contributed by atoms with E-state index in [1.54, 1.807) is 49.4 Å². The number of amides is 1. The molecule has 138 valence electrons. The Balaban J connectivity index is 2.16. The van der Waals surface area contributed by atoms with Gasteiger partial charge in [-0.05, 0) is 31.2 Å². The third-order valence-corrected chi connectivity index (χ3v) is 4.34. The molecule has 1 aliphatic heterocycles. The van der Waals surface area contributed by atoms with Crippen molar-refractivity contribution < 1.29 is 24.2 Å². The lowest BCUT2D eigenvalue weighted by Crippen LogP contribution is -2.24. The quantitative estimate of drug-likeness (QED) is 0.665. The van der Waals surface area contributed by atoms with Crippen molar-refractivity contribution in [2.75, 3.05) is 19.1 Å². The third kappa shape index (κ3) is 3.29. The lowest BCUT2D eigenvalue weighted by molar-refractivity contribution is -0.136. The number of phenols is 1. The number of methoxy groups -OCH3 is 2. The van der Waals surface area contributed by atoms with Gasteiger partial charge in [0.15, 0.2) is 0 Å². The van der Waals surface area contributed by atoms with Gasteiger partial charge < -0.3 is 14.6 Å². The maximum absolute atomic E-state index is 13.1. The van der Waals surface area contributed by atoms with Gasteiger partial charge >= 0.3 is 5.97 Å². The van der Waals surface area contributed by atoms with Gasteiger partial charge in [0.2, 0.25) is 0 Å². The number of rotatable bonds is 4. The van der Waals surface area contributed by atoms with Gasteiger partial charge in [-0.2, -0.15) is 0 Å². The Morgan fingerprint density at radius 1 is 1.11 bits per heavy atom. The number of hydrogen-bond acceptors (Lipinski definition) is 5. The van der Waals surface area contributed by atoms with Crippen molar-refractivity contribution in [3.63, 3.8) is 0 Å². The lowest BCUT2D eigenvalue weighted by atomic mass is 10.0. The van der Waals surface area contributed by atoms with Crippen LogP contribution in [0.15, 0.2) is 65.4 Å². The molecule has 0 saturated carbocycles. The molecule has 1 heterocycles. The molecule has 0 bridgehead atoms. The molecular formula is C21H19NO5. The van der Waals surface area contributed by atoms with Gasteiger partial charge in [-0.3, -0.25) is 9.69 Å². The van der Waals surface area contributed by atoms with Gasteiger partial charge in [-0.1, -0.05) is 24.3 Å². The SMILES string of the molecule is COC(=O)C1=C(C)N(c2cccc(OC)c2)C(=O)/C1=C\c1ccccc1O. The van der Waals surface area contributed by atoms with Gasteiger partial charge in [0, 0.05) is 17.3 Å². The minimum Gasteiger partial charge on any atom is -0.507 e. The number of nitrogens with zero attached hydrogens (tertiary/aromatic N) is 1. The molecule has 0 spiro atoms. The molecular weight excluding hydrogens is 346 g/mol. The Kier molecular flexibility index (Phi) is 4.98. The number of anilines is 1. The van der Waals surface area contributed by atoms with Crippen LogP contribution in [0.5, 0.6) is 11.5 Å². The molecule has 0 fully saturated rings. The molecule has 0 saturated heterocycles. The van der Waals surface area contributed by atoms with Gasteiger partial charge in [0.25, 0.3) is 5.91 Å². The summed E-state index contributed by atoms with van der Waals surface area (Å²) in [7, 11) is 2.80. The predicted octanol–water partition coefficient (Wildman–Crippen LogP) is 3.28. The molecule has 1 aliphatic rings. The molecule has 6 nitrogen and oxygen atoms in total. The van der Waals surface area contributed by atoms with Crippen molar-refractivity contribution >= 4 is 23.6 Å². The number of allylic oxidation sites excluding steroid dienone is 1. The van der Waals surface area contributed by atoms with Crippen LogP contribution < -0.4 is 9.64 Å². The molecule has 0 aromatic heterocycles. The number of carbonyl (C=O) groups is 2. The maximum atomic E-state index is 13.1. The van der Waals surface area contributed by atoms with E-state index in [-0.39, 0.29) is 22.8 Å². The van der Waals surface area contributed by atoms with E-state index < -0.39 is 5.97 Å². The Hall–Kier alpha value is -3.54. The van der Waals surface area contributed by atoms with Crippen molar-refractivity contribution in [1.29, 1.82) is 0 Å².